The molecule has 0 saturated carbocycles. The molecule has 8 rings (SSSR count). The van der Waals surface area contributed by atoms with Gasteiger partial charge in [0, 0.05) is 94.7 Å². The minimum absolute atomic E-state index is 1.13. The van der Waals surface area contributed by atoms with Crippen LogP contribution >= 0.6 is 0 Å². The number of pyridine rings is 2. The Bertz CT molecular complexity index is 1750. The van der Waals surface area contributed by atoms with Crippen LogP contribution in [0.15, 0.2) is 110 Å². The smallest absolute Gasteiger partial charge is 0.0496 e. The van der Waals surface area contributed by atoms with Crippen LogP contribution in [0.25, 0.3) is 55.3 Å². The Kier molecular flexibility index (Phi) is 4.32. The van der Waals surface area contributed by atoms with Gasteiger partial charge in [0.25, 0.3) is 0 Å². The lowest BCUT2D eigenvalue weighted by molar-refractivity contribution is 1.19. The zero-order chi connectivity index (χ0) is 25.4. The van der Waals surface area contributed by atoms with Gasteiger partial charge in [0.15, 0.2) is 0 Å². The molecule has 0 amide bonds. The summed E-state index contributed by atoms with van der Waals surface area (Å²) in [6.07, 6.45) is 7.49. The van der Waals surface area contributed by atoms with Crippen molar-refractivity contribution in [3.05, 3.63) is 110 Å². The Morgan fingerprint density at radius 2 is 0.895 bits per heavy atom. The highest BCUT2D eigenvalue weighted by atomic mass is 15.1. The standard InChI is InChI=1S/C34H24N4/c1-37-29-13-14-30-34-28(26-10-8-22(18-32(26)38(30)2)24-6-4-16-36-20-24)12-11-27(33(29)34)25-9-7-21(17-31(25)37)23-5-3-15-35-19-23/h3-20H,1-2H3. The van der Waals surface area contributed by atoms with Gasteiger partial charge in [-0.05, 0) is 58.7 Å². The molecule has 0 N–H and O–H groups in total. The van der Waals surface area contributed by atoms with Crippen LogP contribution in [0.2, 0.25) is 0 Å². The van der Waals surface area contributed by atoms with E-state index in [1.54, 1.807) is 0 Å². The number of rotatable bonds is 2. The van der Waals surface area contributed by atoms with Gasteiger partial charge >= 0.3 is 0 Å². The minimum atomic E-state index is 1.13. The largest absolute Gasteiger partial charge is 0.344 e. The van der Waals surface area contributed by atoms with Crippen LogP contribution in [0.5, 0.6) is 0 Å². The van der Waals surface area contributed by atoms with Crippen molar-refractivity contribution in [1.82, 2.24) is 9.97 Å². The van der Waals surface area contributed by atoms with E-state index in [-0.39, 0.29) is 0 Å². The molecule has 4 heteroatoms. The first-order chi connectivity index (χ1) is 18.7. The number of hydrogen-bond donors (Lipinski definition) is 0. The second-order valence-corrected chi connectivity index (χ2v) is 10.1. The zero-order valence-corrected chi connectivity index (χ0v) is 21.2. The van der Waals surface area contributed by atoms with Crippen molar-refractivity contribution >= 4 is 33.5 Å². The summed E-state index contributed by atoms with van der Waals surface area (Å²) in [5.74, 6) is 0. The average Bonchev–Trinajstić information content (AvgIpc) is 2.99. The van der Waals surface area contributed by atoms with Crippen LogP contribution in [0.4, 0.5) is 22.7 Å². The van der Waals surface area contributed by atoms with E-state index in [1.165, 1.54) is 66.9 Å². The molecule has 2 aliphatic heterocycles. The molecule has 0 bridgehead atoms. The highest BCUT2D eigenvalue weighted by Crippen LogP contribution is 2.55. The number of hydrogen-bond acceptors (Lipinski definition) is 4. The van der Waals surface area contributed by atoms with Crippen molar-refractivity contribution in [2.24, 2.45) is 0 Å². The number of benzene rings is 4. The monoisotopic (exact) mass is 488 g/mol. The van der Waals surface area contributed by atoms with Crippen LogP contribution in [-0.4, -0.2) is 24.1 Å². The maximum absolute atomic E-state index is 4.32. The quantitative estimate of drug-likeness (QED) is 0.245. The van der Waals surface area contributed by atoms with Gasteiger partial charge in [-0.15, -0.1) is 0 Å². The second-order valence-electron chi connectivity index (χ2n) is 10.1. The zero-order valence-electron chi connectivity index (χ0n) is 21.2. The van der Waals surface area contributed by atoms with Gasteiger partial charge in [-0.2, -0.15) is 0 Å². The normalized spacial score (nSPS) is 12.9. The molecule has 0 spiro atoms. The van der Waals surface area contributed by atoms with E-state index in [9.17, 15) is 0 Å². The van der Waals surface area contributed by atoms with E-state index in [2.05, 4.69) is 107 Å². The molecule has 38 heavy (non-hydrogen) atoms. The molecular formula is C34H24N4. The summed E-state index contributed by atoms with van der Waals surface area (Å²) in [4.78, 5) is 13.3. The van der Waals surface area contributed by atoms with E-state index < -0.39 is 0 Å². The van der Waals surface area contributed by atoms with Gasteiger partial charge in [-0.1, -0.05) is 48.5 Å². The summed E-state index contributed by atoms with van der Waals surface area (Å²) in [5, 5.41) is 2.64. The van der Waals surface area contributed by atoms with Crippen molar-refractivity contribution in [3.63, 3.8) is 0 Å². The third kappa shape index (κ3) is 2.86. The Labute approximate surface area is 221 Å². The molecule has 4 heterocycles. The molecule has 0 radical (unpaired) electrons. The van der Waals surface area contributed by atoms with Crippen LogP contribution in [0.3, 0.4) is 0 Å². The maximum Gasteiger partial charge on any atom is 0.0496 e. The summed E-state index contributed by atoms with van der Waals surface area (Å²) >= 11 is 0. The lowest BCUT2D eigenvalue weighted by atomic mass is 9.83. The molecule has 0 atom stereocenters. The van der Waals surface area contributed by atoms with E-state index in [1.807, 2.05) is 36.9 Å². The molecule has 6 aromatic rings. The van der Waals surface area contributed by atoms with Crippen molar-refractivity contribution in [3.8, 4) is 44.5 Å². The van der Waals surface area contributed by atoms with Crippen molar-refractivity contribution in [2.75, 3.05) is 23.9 Å². The lowest BCUT2D eigenvalue weighted by Gasteiger charge is -2.36. The number of anilines is 4. The van der Waals surface area contributed by atoms with Gasteiger partial charge in [0.2, 0.25) is 0 Å². The summed E-state index contributed by atoms with van der Waals surface area (Å²) in [5.41, 5.74) is 14.6. The third-order valence-corrected chi connectivity index (χ3v) is 8.13. The molecule has 180 valence electrons. The number of aromatic nitrogens is 2. The fraction of sp³-hybridized carbons (Fsp3) is 0.0588. The van der Waals surface area contributed by atoms with E-state index in [0.29, 0.717) is 0 Å². The third-order valence-electron chi connectivity index (χ3n) is 8.13. The molecule has 0 aliphatic carbocycles. The van der Waals surface area contributed by atoms with Crippen molar-refractivity contribution < 1.29 is 0 Å². The summed E-state index contributed by atoms with van der Waals surface area (Å²) in [7, 11) is 4.36. The minimum Gasteiger partial charge on any atom is -0.344 e. The molecule has 0 unspecified atom stereocenters. The molecule has 2 aliphatic rings. The summed E-state index contributed by atoms with van der Waals surface area (Å²) < 4.78 is 0. The summed E-state index contributed by atoms with van der Waals surface area (Å²) in [6.45, 7) is 0. The van der Waals surface area contributed by atoms with Crippen LogP contribution < -0.4 is 9.80 Å². The molecule has 0 saturated heterocycles. The number of nitrogens with zero attached hydrogens (tertiary/aromatic N) is 4. The molecule has 4 aromatic carbocycles. The van der Waals surface area contributed by atoms with Crippen molar-refractivity contribution in [1.29, 1.82) is 0 Å². The predicted octanol–water partition coefficient (Wildman–Crippen LogP) is 8.46. The summed E-state index contributed by atoms with van der Waals surface area (Å²) in [6, 6.07) is 30.9. The van der Waals surface area contributed by atoms with Gasteiger partial charge in [0.1, 0.15) is 0 Å². The lowest BCUT2D eigenvalue weighted by Crippen LogP contribution is -2.19. The predicted molar refractivity (Wildman–Crippen MR) is 157 cm³/mol. The molecule has 2 aromatic heterocycles. The van der Waals surface area contributed by atoms with Crippen molar-refractivity contribution in [2.45, 2.75) is 0 Å². The maximum atomic E-state index is 4.32. The van der Waals surface area contributed by atoms with Crippen LogP contribution in [0, 0.1) is 0 Å². The molecular weight excluding hydrogens is 464 g/mol. The highest BCUT2D eigenvalue weighted by Gasteiger charge is 2.30. The Hall–Kier alpha value is -4.96. The fourth-order valence-electron chi connectivity index (χ4n) is 6.23. The van der Waals surface area contributed by atoms with Gasteiger partial charge in [-0.25, -0.2) is 0 Å². The first-order valence-corrected chi connectivity index (χ1v) is 12.9. The SMILES string of the molecule is CN1c2cc(-c3cccnc3)ccc2-c2ccc3c4c(ccc1c24)N(C)c1cc(-c2cccnc2)ccc1-3. The van der Waals surface area contributed by atoms with E-state index >= 15 is 0 Å². The fourth-order valence-corrected chi connectivity index (χ4v) is 6.23. The highest BCUT2D eigenvalue weighted by molar-refractivity contribution is 6.22. The number of fused-ring (bicyclic) bond motifs is 4. The average molecular weight is 489 g/mol. The van der Waals surface area contributed by atoms with Gasteiger partial charge < -0.3 is 9.80 Å². The van der Waals surface area contributed by atoms with Crippen LogP contribution in [-0.2, 0) is 0 Å². The van der Waals surface area contributed by atoms with Gasteiger partial charge in [0.05, 0.1) is 0 Å². The first-order valence-electron chi connectivity index (χ1n) is 12.9. The first kappa shape index (κ1) is 21.2. The Balaban J connectivity index is 1.34. The van der Waals surface area contributed by atoms with E-state index in [4.69, 9.17) is 0 Å². The van der Waals surface area contributed by atoms with Crippen LogP contribution in [0.1, 0.15) is 0 Å². The Morgan fingerprint density at radius 1 is 0.447 bits per heavy atom. The molecule has 0 fully saturated rings. The molecule has 4 nitrogen and oxygen atoms in total. The Morgan fingerprint density at radius 3 is 1.32 bits per heavy atom. The topological polar surface area (TPSA) is 32.3 Å². The van der Waals surface area contributed by atoms with E-state index in [0.717, 1.165) is 11.1 Å². The second kappa shape index (κ2) is 7.77. The van der Waals surface area contributed by atoms with Gasteiger partial charge in [-0.3, -0.25) is 9.97 Å².